The van der Waals surface area contributed by atoms with Crippen LogP contribution < -0.4 is 0 Å². The van der Waals surface area contributed by atoms with E-state index in [9.17, 15) is 4.79 Å². The summed E-state index contributed by atoms with van der Waals surface area (Å²) in [5, 5.41) is 8.72. The van der Waals surface area contributed by atoms with Crippen LogP contribution >= 0.6 is 0 Å². The summed E-state index contributed by atoms with van der Waals surface area (Å²) >= 11 is 0. The van der Waals surface area contributed by atoms with Crippen LogP contribution in [0, 0.1) is 13.8 Å². The molecule has 2 aromatic heterocycles. The number of hydrogen-bond donors (Lipinski definition) is 0. The van der Waals surface area contributed by atoms with E-state index in [1.807, 2.05) is 43.3 Å². The number of piperidine rings is 1. The van der Waals surface area contributed by atoms with Gasteiger partial charge in [0.1, 0.15) is 0 Å². The van der Waals surface area contributed by atoms with Crippen molar-refractivity contribution in [3.05, 3.63) is 59.0 Å². The number of nitrogens with zero attached hydrogens (tertiary/aromatic N) is 4. The third kappa shape index (κ3) is 3.72. The Labute approximate surface area is 165 Å². The van der Waals surface area contributed by atoms with Crippen molar-refractivity contribution in [2.75, 3.05) is 6.54 Å². The lowest BCUT2D eigenvalue weighted by molar-refractivity contribution is -0.134. The largest absolute Gasteiger partial charge is 0.356 e. The minimum Gasteiger partial charge on any atom is -0.356 e. The Bertz CT molecular complexity index is 971. The molecule has 3 heterocycles. The molecule has 28 heavy (non-hydrogen) atoms. The minimum absolute atomic E-state index is 0.0340. The van der Waals surface area contributed by atoms with Crippen LogP contribution in [0.5, 0.6) is 0 Å². The van der Waals surface area contributed by atoms with Crippen molar-refractivity contribution in [2.45, 2.75) is 45.6 Å². The first-order valence-electron chi connectivity index (χ1n) is 9.83. The van der Waals surface area contributed by atoms with Crippen LogP contribution in [-0.2, 0) is 18.3 Å². The van der Waals surface area contributed by atoms with Gasteiger partial charge in [0.15, 0.2) is 5.76 Å². The molecule has 1 aromatic carbocycles. The Hall–Kier alpha value is -2.89. The molecular formula is C22H26N4O2. The normalized spacial score (nSPS) is 17.1. The lowest BCUT2D eigenvalue weighted by atomic mass is 9.95. The summed E-state index contributed by atoms with van der Waals surface area (Å²) in [4.78, 5) is 15.1. The highest BCUT2D eigenvalue weighted by Crippen LogP contribution is 2.36. The number of carbonyl (C=O) groups is 1. The smallest absolute Gasteiger partial charge is 0.227 e. The lowest BCUT2D eigenvalue weighted by Gasteiger charge is -2.35. The van der Waals surface area contributed by atoms with Gasteiger partial charge in [-0.05, 0) is 38.7 Å². The topological polar surface area (TPSA) is 64.2 Å². The van der Waals surface area contributed by atoms with Crippen molar-refractivity contribution in [2.24, 2.45) is 7.05 Å². The highest BCUT2D eigenvalue weighted by molar-refractivity contribution is 5.79. The van der Waals surface area contributed by atoms with Crippen LogP contribution in [0.1, 0.15) is 47.8 Å². The van der Waals surface area contributed by atoms with E-state index in [2.05, 4.69) is 24.2 Å². The second-order valence-electron chi connectivity index (χ2n) is 7.70. The number of carbonyl (C=O) groups excluding carboxylic acids is 1. The SMILES string of the molecule is Cc1ccc(CC(=O)N2CCCC[C@@H]2c2nn(C)cc2-c2cc(C)no2)cc1. The van der Waals surface area contributed by atoms with Gasteiger partial charge in [-0.15, -0.1) is 0 Å². The second-order valence-corrected chi connectivity index (χ2v) is 7.70. The quantitative estimate of drug-likeness (QED) is 0.689. The molecule has 146 valence electrons. The predicted molar refractivity (Wildman–Crippen MR) is 107 cm³/mol. The number of amides is 1. The first-order valence-corrected chi connectivity index (χ1v) is 9.83. The van der Waals surface area contributed by atoms with Gasteiger partial charge in [0, 0.05) is 25.9 Å². The van der Waals surface area contributed by atoms with E-state index in [-0.39, 0.29) is 11.9 Å². The first-order chi connectivity index (χ1) is 13.5. The molecular weight excluding hydrogens is 352 g/mol. The minimum atomic E-state index is -0.0340. The Morgan fingerprint density at radius 1 is 1.21 bits per heavy atom. The van der Waals surface area contributed by atoms with Gasteiger partial charge in [0.05, 0.1) is 29.4 Å². The Morgan fingerprint density at radius 2 is 2.00 bits per heavy atom. The van der Waals surface area contributed by atoms with E-state index in [1.165, 1.54) is 5.56 Å². The fourth-order valence-corrected chi connectivity index (χ4v) is 3.93. The molecule has 0 radical (unpaired) electrons. The van der Waals surface area contributed by atoms with Crippen LogP contribution in [0.15, 0.2) is 41.1 Å². The maximum atomic E-state index is 13.2. The summed E-state index contributed by atoms with van der Waals surface area (Å²) in [5.41, 5.74) is 4.90. The molecule has 0 saturated carbocycles. The molecule has 0 unspecified atom stereocenters. The highest BCUT2D eigenvalue weighted by Gasteiger charge is 2.32. The average molecular weight is 378 g/mol. The van der Waals surface area contributed by atoms with Crippen molar-refractivity contribution >= 4 is 5.91 Å². The molecule has 1 atom stereocenters. The number of rotatable bonds is 4. The van der Waals surface area contributed by atoms with Crippen LogP contribution in [0.4, 0.5) is 0 Å². The van der Waals surface area contributed by atoms with Gasteiger partial charge < -0.3 is 9.42 Å². The van der Waals surface area contributed by atoms with E-state index >= 15 is 0 Å². The lowest BCUT2D eigenvalue weighted by Crippen LogP contribution is -2.39. The van der Waals surface area contributed by atoms with Crippen molar-refractivity contribution in [1.82, 2.24) is 19.8 Å². The Kier molecular flexibility index (Phi) is 5.03. The summed E-state index contributed by atoms with van der Waals surface area (Å²) in [6.07, 6.45) is 5.40. The molecule has 1 fully saturated rings. The zero-order chi connectivity index (χ0) is 19.7. The molecule has 1 saturated heterocycles. The van der Waals surface area contributed by atoms with Gasteiger partial charge in [0.2, 0.25) is 5.91 Å². The highest BCUT2D eigenvalue weighted by atomic mass is 16.5. The summed E-state index contributed by atoms with van der Waals surface area (Å²) in [6, 6.07) is 10.1. The average Bonchev–Trinajstić information content (AvgIpc) is 3.29. The van der Waals surface area contributed by atoms with E-state index in [4.69, 9.17) is 9.62 Å². The van der Waals surface area contributed by atoms with Crippen molar-refractivity contribution in [3.8, 4) is 11.3 Å². The van der Waals surface area contributed by atoms with Gasteiger partial charge in [-0.3, -0.25) is 9.48 Å². The number of aromatic nitrogens is 3. The maximum absolute atomic E-state index is 13.2. The predicted octanol–water partition coefficient (Wildman–Crippen LogP) is 3.99. The first kappa shape index (κ1) is 18.5. The van der Waals surface area contributed by atoms with Gasteiger partial charge in [0.25, 0.3) is 0 Å². The molecule has 1 aliphatic heterocycles. The molecule has 1 aliphatic rings. The van der Waals surface area contributed by atoms with Gasteiger partial charge in [-0.1, -0.05) is 35.0 Å². The molecule has 3 aromatic rings. The number of hydrogen-bond acceptors (Lipinski definition) is 4. The third-order valence-electron chi connectivity index (χ3n) is 5.37. The Morgan fingerprint density at radius 3 is 2.71 bits per heavy atom. The van der Waals surface area contributed by atoms with Crippen molar-refractivity contribution in [3.63, 3.8) is 0 Å². The fourth-order valence-electron chi connectivity index (χ4n) is 3.93. The van der Waals surface area contributed by atoms with Crippen LogP contribution in [-0.4, -0.2) is 32.3 Å². The fraction of sp³-hybridized carbons (Fsp3) is 0.409. The molecule has 6 heteroatoms. The summed E-state index contributed by atoms with van der Waals surface area (Å²) in [5.74, 6) is 0.857. The number of benzene rings is 1. The van der Waals surface area contributed by atoms with Gasteiger partial charge >= 0.3 is 0 Å². The summed E-state index contributed by atoms with van der Waals surface area (Å²) in [7, 11) is 1.90. The molecule has 1 amide bonds. The molecule has 4 rings (SSSR count). The van der Waals surface area contributed by atoms with E-state index in [0.717, 1.165) is 48.3 Å². The van der Waals surface area contributed by atoms with E-state index in [1.54, 1.807) is 4.68 Å². The molecule has 0 N–H and O–H groups in total. The van der Waals surface area contributed by atoms with Crippen LogP contribution in [0.3, 0.4) is 0 Å². The Balaban J connectivity index is 1.62. The van der Waals surface area contributed by atoms with Crippen molar-refractivity contribution in [1.29, 1.82) is 0 Å². The summed E-state index contributed by atoms with van der Waals surface area (Å²) < 4.78 is 7.28. The summed E-state index contributed by atoms with van der Waals surface area (Å²) in [6.45, 7) is 4.72. The standard InChI is InChI=1S/C22H26N4O2/c1-15-7-9-17(10-8-15)13-21(27)26-11-5-4-6-19(26)22-18(14-25(3)23-22)20-12-16(2)24-28-20/h7-10,12,14,19H,4-6,11,13H2,1-3H3/t19-/m1/s1. The van der Waals surface area contributed by atoms with E-state index < -0.39 is 0 Å². The molecule has 0 aliphatic carbocycles. The number of likely N-dealkylation sites (tertiary alicyclic amines) is 1. The van der Waals surface area contributed by atoms with E-state index in [0.29, 0.717) is 12.2 Å². The number of aryl methyl sites for hydroxylation is 3. The van der Waals surface area contributed by atoms with Crippen LogP contribution in [0.25, 0.3) is 11.3 Å². The second kappa shape index (κ2) is 7.62. The zero-order valence-corrected chi connectivity index (χ0v) is 16.7. The molecule has 6 nitrogen and oxygen atoms in total. The maximum Gasteiger partial charge on any atom is 0.227 e. The molecule has 0 bridgehead atoms. The third-order valence-corrected chi connectivity index (χ3v) is 5.37. The van der Waals surface area contributed by atoms with Crippen molar-refractivity contribution < 1.29 is 9.32 Å². The van der Waals surface area contributed by atoms with Crippen LogP contribution in [0.2, 0.25) is 0 Å². The monoisotopic (exact) mass is 378 g/mol. The van der Waals surface area contributed by atoms with Gasteiger partial charge in [-0.2, -0.15) is 5.10 Å². The molecule has 0 spiro atoms. The zero-order valence-electron chi connectivity index (χ0n) is 16.7. The van der Waals surface area contributed by atoms with Gasteiger partial charge in [-0.25, -0.2) is 0 Å².